The van der Waals surface area contributed by atoms with Gasteiger partial charge in [-0.3, -0.25) is 4.79 Å². The summed E-state index contributed by atoms with van der Waals surface area (Å²) in [6.07, 6.45) is 3.71. The van der Waals surface area contributed by atoms with Crippen LogP contribution in [0.1, 0.15) is 19.8 Å². The Labute approximate surface area is 140 Å². The lowest BCUT2D eigenvalue weighted by atomic mass is 9.95. The molecule has 0 atom stereocenters. The summed E-state index contributed by atoms with van der Waals surface area (Å²) in [4.78, 5) is 15.2. The van der Waals surface area contributed by atoms with E-state index >= 15 is 0 Å². The van der Waals surface area contributed by atoms with Gasteiger partial charge in [0.05, 0.1) is 0 Å². The van der Waals surface area contributed by atoms with E-state index in [1.54, 1.807) is 13.1 Å². The summed E-state index contributed by atoms with van der Waals surface area (Å²) in [5.41, 5.74) is 0. The van der Waals surface area contributed by atoms with Gasteiger partial charge in [-0.05, 0) is 31.0 Å². The first-order valence-corrected chi connectivity index (χ1v) is 8.65. The van der Waals surface area contributed by atoms with Gasteiger partial charge in [0.1, 0.15) is 17.0 Å². The van der Waals surface area contributed by atoms with Crippen LogP contribution < -0.4 is 4.74 Å². The Kier molecular flexibility index (Phi) is 4.43. The third-order valence-corrected chi connectivity index (χ3v) is 5.40. The number of carbonyl (C=O) groups excluding carboxylic acids is 1. The van der Waals surface area contributed by atoms with Gasteiger partial charge in [-0.25, -0.2) is 4.98 Å². The fraction of sp³-hybridized carbons (Fsp3) is 0.333. The van der Waals surface area contributed by atoms with Gasteiger partial charge in [0.2, 0.25) is 0 Å². The number of halogens is 2. The molecule has 1 fully saturated rings. The first-order valence-electron chi connectivity index (χ1n) is 6.60. The number of benzene rings is 1. The zero-order valence-electron chi connectivity index (χ0n) is 11.3. The van der Waals surface area contributed by atoms with E-state index in [1.165, 1.54) is 11.8 Å². The minimum absolute atomic E-state index is 0.168. The summed E-state index contributed by atoms with van der Waals surface area (Å²) >= 11 is 10.9. The molecular weight excluding hydrogens is 374 g/mol. The molecule has 6 heteroatoms. The molecule has 1 aromatic heterocycles. The fourth-order valence-corrected chi connectivity index (χ4v) is 4.09. The molecule has 0 N–H and O–H groups in total. The molecule has 0 aliphatic heterocycles. The zero-order chi connectivity index (χ0) is 15.0. The van der Waals surface area contributed by atoms with Crippen molar-refractivity contribution in [3.05, 3.63) is 34.0 Å². The Morgan fingerprint density at radius 1 is 1.43 bits per heavy atom. The van der Waals surface area contributed by atoms with Gasteiger partial charge in [-0.1, -0.05) is 39.3 Å². The Morgan fingerprint density at radius 2 is 2.19 bits per heavy atom. The third kappa shape index (κ3) is 3.35. The number of pyridine rings is 1. The lowest BCUT2D eigenvalue weighted by Crippen LogP contribution is -2.36. The number of thioether (sulfide) groups is 1. The average Bonchev–Trinajstić information content (AvgIpc) is 2.39. The van der Waals surface area contributed by atoms with E-state index in [2.05, 4.69) is 20.9 Å². The van der Waals surface area contributed by atoms with Crippen molar-refractivity contribution in [1.29, 1.82) is 0 Å². The topological polar surface area (TPSA) is 39.2 Å². The quantitative estimate of drug-likeness (QED) is 0.708. The predicted octanol–water partition coefficient (Wildman–Crippen LogP) is 4.84. The molecular formula is C15H13BrClNO2S. The van der Waals surface area contributed by atoms with Crippen molar-refractivity contribution < 1.29 is 9.53 Å². The van der Waals surface area contributed by atoms with Crippen LogP contribution in [0.15, 0.2) is 28.9 Å². The van der Waals surface area contributed by atoms with Crippen molar-refractivity contribution in [3.8, 4) is 5.75 Å². The molecule has 1 aliphatic rings. The monoisotopic (exact) mass is 385 g/mol. The second-order valence-corrected chi connectivity index (χ2v) is 7.76. The number of rotatable bonds is 3. The molecule has 0 spiro atoms. The summed E-state index contributed by atoms with van der Waals surface area (Å²) in [6.45, 7) is 1.61. The van der Waals surface area contributed by atoms with Crippen LogP contribution in [-0.2, 0) is 4.79 Å². The molecule has 110 valence electrons. The van der Waals surface area contributed by atoms with Gasteiger partial charge < -0.3 is 4.74 Å². The van der Waals surface area contributed by atoms with Crippen molar-refractivity contribution in [3.63, 3.8) is 0 Å². The highest BCUT2D eigenvalue weighted by atomic mass is 79.9. The lowest BCUT2D eigenvalue weighted by molar-refractivity contribution is -0.109. The average molecular weight is 387 g/mol. The Hall–Kier alpha value is -0.780. The number of carbonyl (C=O) groups is 1. The van der Waals surface area contributed by atoms with Crippen molar-refractivity contribution in [2.45, 2.75) is 31.1 Å². The van der Waals surface area contributed by atoms with Gasteiger partial charge in [0, 0.05) is 33.6 Å². The van der Waals surface area contributed by atoms with Gasteiger partial charge in [-0.2, -0.15) is 0 Å². The van der Waals surface area contributed by atoms with E-state index in [9.17, 15) is 4.79 Å². The normalized spacial score (nSPS) is 21.1. The summed E-state index contributed by atoms with van der Waals surface area (Å²) in [6, 6.07) is 5.71. The van der Waals surface area contributed by atoms with Crippen molar-refractivity contribution in [2.24, 2.45) is 0 Å². The Morgan fingerprint density at radius 3 is 2.90 bits per heavy atom. The molecule has 0 amide bonds. The molecule has 3 nitrogen and oxygen atoms in total. The lowest BCUT2D eigenvalue weighted by Gasteiger charge is -2.34. The molecule has 1 saturated carbocycles. The van der Waals surface area contributed by atoms with E-state index in [-0.39, 0.29) is 11.2 Å². The van der Waals surface area contributed by atoms with Crippen LogP contribution in [-0.4, -0.2) is 21.5 Å². The van der Waals surface area contributed by atoms with E-state index in [0.29, 0.717) is 10.4 Å². The highest BCUT2D eigenvalue weighted by Crippen LogP contribution is 2.38. The number of hydrogen-bond donors (Lipinski definition) is 0. The summed E-state index contributed by atoms with van der Waals surface area (Å²) in [5.74, 6) is 0.814. The van der Waals surface area contributed by atoms with E-state index in [4.69, 9.17) is 16.3 Å². The summed E-state index contributed by atoms with van der Waals surface area (Å²) in [5, 5.41) is 2.95. The first kappa shape index (κ1) is 15.1. The standard InChI is InChI=1S/C15H13BrClNO2S/c1-8(19)21-10-4-9(5-10)20-14-3-2-13(16)11-6-15(17)18-7-12(11)14/h2-3,6-7,9-10H,4-5H2,1H3/t9-,10+. The van der Waals surface area contributed by atoms with E-state index < -0.39 is 0 Å². The predicted molar refractivity (Wildman–Crippen MR) is 90.2 cm³/mol. The Bertz CT molecular complexity index is 703. The summed E-state index contributed by atoms with van der Waals surface area (Å²) in [7, 11) is 0. The molecule has 0 unspecified atom stereocenters. The maximum Gasteiger partial charge on any atom is 0.186 e. The number of aromatic nitrogens is 1. The van der Waals surface area contributed by atoms with Crippen LogP contribution in [0.3, 0.4) is 0 Å². The first-order chi connectivity index (χ1) is 10.0. The minimum atomic E-state index is 0.168. The number of hydrogen-bond acceptors (Lipinski definition) is 4. The van der Waals surface area contributed by atoms with E-state index in [0.717, 1.165) is 33.8 Å². The SMILES string of the molecule is CC(=O)S[C@H]1C[C@@H](Oc2ccc(Br)c3cc(Cl)ncc23)C1. The second kappa shape index (κ2) is 6.15. The van der Waals surface area contributed by atoms with Crippen LogP contribution in [0, 0.1) is 0 Å². The molecule has 21 heavy (non-hydrogen) atoms. The molecule has 0 bridgehead atoms. The van der Waals surface area contributed by atoms with E-state index in [1.807, 2.05) is 18.2 Å². The molecule has 0 saturated heterocycles. The molecule has 1 aromatic carbocycles. The van der Waals surface area contributed by atoms with Crippen LogP contribution >= 0.6 is 39.3 Å². The van der Waals surface area contributed by atoms with Crippen molar-refractivity contribution in [2.75, 3.05) is 0 Å². The maximum absolute atomic E-state index is 11.1. The van der Waals surface area contributed by atoms with Gasteiger partial charge in [-0.15, -0.1) is 0 Å². The number of ether oxygens (including phenoxy) is 1. The van der Waals surface area contributed by atoms with Crippen LogP contribution in [0.25, 0.3) is 10.8 Å². The summed E-state index contributed by atoms with van der Waals surface area (Å²) < 4.78 is 7.01. The van der Waals surface area contributed by atoms with Gasteiger partial charge in [0.25, 0.3) is 0 Å². The largest absolute Gasteiger partial charge is 0.490 e. The smallest absolute Gasteiger partial charge is 0.186 e. The molecule has 2 aromatic rings. The molecule has 3 rings (SSSR count). The van der Waals surface area contributed by atoms with Crippen LogP contribution in [0.5, 0.6) is 5.75 Å². The molecule has 0 radical (unpaired) electrons. The third-order valence-electron chi connectivity index (χ3n) is 3.45. The van der Waals surface area contributed by atoms with Crippen molar-refractivity contribution >= 4 is 55.2 Å². The highest BCUT2D eigenvalue weighted by Gasteiger charge is 2.32. The second-order valence-electron chi connectivity index (χ2n) is 5.04. The Balaban J connectivity index is 1.77. The van der Waals surface area contributed by atoms with Crippen molar-refractivity contribution in [1.82, 2.24) is 4.98 Å². The molecule has 1 heterocycles. The number of fused-ring (bicyclic) bond motifs is 1. The fourth-order valence-electron chi connectivity index (χ4n) is 2.38. The van der Waals surface area contributed by atoms with Gasteiger partial charge >= 0.3 is 0 Å². The van der Waals surface area contributed by atoms with Crippen LogP contribution in [0.2, 0.25) is 5.15 Å². The number of nitrogens with zero attached hydrogens (tertiary/aromatic N) is 1. The zero-order valence-corrected chi connectivity index (χ0v) is 14.5. The highest BCUT2D eigenvalue weighted by molar-refractivity contribution is 9.10. The maximum atomic E-state index is 11.1. The van der Waals surface area contributed by atoms with Gasteiger partial charge in [0.15, 0.2) is 5.12 Å². The van der Waals surface area contributed by atoms with Crippen LogP contribution in [0.4, 0.5) is 0 Å². The minimum Gasteiger partial charge on any atom is -0.490 e. The molecule has 1 aliphatic carbocycles.